The van der Waals surface area contributed by atoms with Gasteiger partial charge in [0.1, 0.15) is 11.4 Å². The highest BCUT2D eigenvalue weighted by atomic mass is 19.1. The number of nitrogens with one attached hydrogen (secondary N) is 1. The zero-order valence-electron chi connectivity index (χ0n) is 17.1. The third kappa shape index (κ3) is 4.46. The molecule has 2 N–H and O–H groups in total. The van der Waals surface area contributed by atoms with Crippen molar-refractivity contribution in [3.05, 3.63) is 81.4 Å². The lowest BCUT2D eigenvalue weighted by molar-refractivity contribution is 0.0913. The van der Waals surface area contributed by atoms with E-state index in [9.17, 15) is 19.1 Å². The second kappa shape index (κ2) is 9.00. The molecule has 0 fully saturated rings. The van der Waals surface area contributed by atoms with Crippen molar-refractivity contribution in [2.45, 2.75) is 33.2 Å². The molecule has 1 aromatic heterocycles. The van der Waals surface area contributed by atoms with Crippen LogP contribution in [0.4, 0.5) is 4.39 Å². The van der Waals surface area contributed by atoms with E-state index in [4.69, 9.17) is 0 Å². The van der Waals surface area contributed by atoms with Crippen LogP contribution in [0.15, 0.2) is 53.3 Å². The fraction of sp³-hybridized carbons (Fsp3) is 0.261. The summed E-state index contributed by atoms with van der Waals surface area (Å²) in [4.78, 5) is 25.9. The molecule has 0 spiro atoms. The highest BCUT2D eigenvalue weighted by molar-refractivity contribution is 5.95. The lowest BCUT2D eigenvalue weighted by atomic mass is 10.0. The van der Waals surface area contributed by atoms with Gasteiger partial charge in [-0.1, -0.05) is 25.1 Å². The summed E-state index contributed by atoms with van der Waals surface area (Å²) in [5.41, 5.74) is 2.69. The molecule has 30 heavy (non-hydrogen) atoms. The molecular weight excluding hydrogens is 385 g/mol. The molecule has 7 heteroatoms. The van der Waals surface area contributed by atoms with Gasteiger partial charge in [0.2, 0.25) is 0 Å². The summed E-state index contributed by atoms with van der Waals surface area (Å²) in [6, 6.07) is 12.1. The van der Waals surface area contributed by atoms with Crippen LogP contribution in [-0.2, 0) is 0 Å². The van der Waals surface area contributed by atoms with Crippen molar-refractivity contribution in [1.82, 2.24) is 15.1 Å². The first-order chi connectivity index (χ1) is 14.3. The van der Waals surface area contributed by atoms with E-state index in [0.29, 0.717) is 12.1 Å². The average Bonchev–Trinajstić information content (AvgIpc) is 2.74. The number of hydrogen-bond acceptors (Lipinski definition) is 4. The fourth-order valence-corrected chi connectivity index (χ4v) is 3.02. The Balaban J connectivity index is 2.20. The second-order valence-corrected chi connectivity index (χ2v) is 7.20. The van der Waals surface area contributed by atoms with E-state index in [1.807, 2.05) is 39.0 Å². The van der Waals surface area contributed by atoms with E-state index in [1.165, 1.54) is 24.3 Å². The van der Waals surface area contributed by atoms with Crippen molar-refractivity contribution in [1.29, 1.82) is 0 Å². The molecule has 0 unspecified atom stereocenters. The summed E-state index contributed by atoms with van der Waals surface area (Å²) in [6.07, 6.45) is 0.509. The number of carbonyl (C=O) groups is 1. The van der Waals surface area contributed by atoms with Crippen LogP contribution in [-0.4, -0.2) is 33.4 Å². The number of carbonyl (C=O) groups excluding carboxylic acids is 1. The normalized spacial score (nSPS) is 11.9. The molecule has 0 aliphatic heterocycles. The number of aryl methyl sites for hydroxylation is 2. The van der Waals surface area contributed by atoms with Gasteiger partial charge in [-0.3, -0.25) is 9.59 Å². The maximum absolute atomic E-state index is 13.8. The minimum absolute atomic E-state index is 0.130. The van der Waals surface area contributed by atoms with Crippen molar-refractivity contribution >= 4 is 5.91 Å². The zero-order valence-corrected chi connectivity index (χ0v) is 17.1. The van der Waals surface area contributed by atoms with Gasteiger partial charge in [-0.15, -0.1) is 0 Å². The third-order valence-electron chi connectivity index (χ3n) is 5.06. The zero-order chi connectivity index (χ0) is 21.8. The Kier molecular flexibility index (Phi) is 6.42. The van der Waals surface area contributed by atoms with E-state index in [-0.39, 0.29) is 17.9 Å². The molecule has 3 rings (SSSR count). The number of aliphatic hydroxyl groups is 1. The van der Waals surface area contributed by atoms with Crippen molar-refractivity contribution in [2.75, 3.05) is 6.61 Å². The van der Waals surface area contributed by atoms with E-state index in [1.54, 1.807) is 6.07 Å². The predicted octanol–water partition coefficient (Wildman–Crippen LogP) is 3.16. The summed E-state index contributed by atoms with van der Waals surface area (Å²) in [7, 11) is 0. The maximum atomic E-state index is 13.8. The van der Waals surface area contributed by atoms with Gasteiger partial charge in [0.15, 0.2) is 0 Å². The molecule has 6 nitrogen and oxygen atoms in total. The topological polar surface area (TPSA) is 84.2 Å². The Hall–Kier alpha value is -3.32. The Morgan fingerprint density at radius 3 is 2.57 bits per heavy atom. The number of aromatic nitrogens is 2. The van der Waals surface area contributed by atoms with Crippen molar-refractivity contribution in [3.8, 4) is 16.9 Å². The van der Waals surface area contributed by atoms with Gasteiger partial charge < -0.3 is 10.4 Å². The molecule has 0 aliphatic rings. The van der Waals surface area contributed by atoms with Crippen LogP contribution >= 0.6 is 0 Å². The van der Waals surface area contributed by atoms with E-state index >= 15 is 0 Å². The van der Waals surface area contributed by atoms with Crippen LogP contribution < -0.4 is 10.9 Å². The molecule has 0 aliphatic carbocycles. The fourth-order valence-electron chi connectivity index (χ4n) is 3.02. The van der Waals surface area contributed by atoms with Crippen LogP contribution in [0.1, 0.15) is 34.8 Å². The van der Waals surface area contributed by atoms with Gasteiger partial charge in [-0.2, -0.15) is 9.78 Å². The van der Waals surface area contributed by atoms with Crippen LogP contribution in [0.25, 0.3) is 16.9 Å². The van der Waals surface area contributed by atoms with Crippen molar-refractivity contribution < 1.29 is 14.3 Å². The Bertz CT molecular complexity index is 1140. The monoisotopic (exact) mass is 409 g/mol. The molecule has 1 amide bonds. The molecule has 156 valence electrons. The summed E-state index contributed by atoms with van der Waals surface area (Å²) in [5, 5.41) is 16.4. The number of rotatable bonds is 6. The molecule has 3 aromatic rings. The van der Waals surface area contributed by atoms with Gasteiger partial charge in [-0.25, -0.2) is 4.39 Å². The summed E-state index contributed by atoms with van der Waals surface area (Å²) >= 11 is 0. The average molecular weight is 409 g/mol. The molecule has 0 radical (unpaired) electrons. The molecular formula is C23H24FN3O3. The first kappa shape index (κ1) is 21.4. The number of amides is 1. The quantitative estimate of drug-likeness (QED) is 0.655. The van der Waals surface area contributed by atoms with Gasteiger partial charge in [-0.05, 0) is 61.7 Å². The molecule has 0 saturated carbocycles. The van der Waals surface area contributed by atoms with Gasteiger partial charge in [0, 0.05) is 5.56 Å². The lowest BCUT2D eigenvalue weighted by Crippen LogP contribution is -2.40. The van der Waals surface area contributed by atoms with E-state index in [0.717, 1.165) is 21.4 Å². The minimum atomic E-state index is -0.668. The standard InChI is InChI=1S/C23H24FN3O3/c1-4-18(13-28)25-22(29)20-12-21(16-9-8-14(2)15(3)10-16)26-27(23(20)30)19-7-5-6-17(24)11-19/h5-12,18,28H,4,13H2,1-3H3,(H,25,29)/t18-/m1/s1. The largest absolute Gasteiger partial charge is 0.394 e. The smallest absolute Gasteiger partial charge is 0.284 e. The first-order valence-electron chi connectivity index (χ1n) is 9.73. The molecule has 2 aromatic carbocycles. The first-order valence-corrected chi connectivity index (χ1v) is 9.73. The Morgan fingerprint density at radius 2 is 1.93 bits per heavy atom. The van der Waals surface area contributed by atoms with Crippen LogP contribution in [0.3, 0.4) is 0 Å². The Labute approximate surface area is 174 Å². The number of halogens is 1. The molecule has 1 atom stereocenters. The van der Waals surface area contributed by atoms with Crippen molar-refractivity contribution in [2.24, 2.45) is 0 Å². The number of nitrogens with zero attached hydrogens (tertiary/aromatic N) is 2. The van der Waals surface area contributed by atoms with Crippen LogP contribution in [0.5, 0.6) is 0 Å². The maximum Gasteiger partial charge on any atom is 0.284 e. The lowest BCUT2D eigenvalue weighted by Gasteiger charge is -2.15. The van der Waals surface area contributed by atoms with Gasteiger partial charge in [0.25, 0.3) is 11.5 Å². The Morgan fingerprint density at radius 1 is 1.17 bits per heavy atom. The third-order valence-corrected chi connectivity index (χ3v) is 5.06. The van der Waals surface area contributed by atoms with Gasteiger partial charge in [0.05, 0.1) is 24.0 Å². The molecule has 0 bridgehead atoms. The van der Waals surface area contributed by atoms with Crippen molar-refractivity contribution in [3.63, 3.8) is 0 Å². The molecule has 0 saturated heterocycles. The van der Waals surface area contributed by atoms with Crippen LogP contribution in [0, 0.1) is 19.7 Å². The predicted molar refractivity (Wildman–Crippen MR) is 113 cm³/mol. The SMILES string of the molecule is CC[C@H](CO)NC(=O)c1cc(-c2ccc(C)c(C)c2)nn(-c2cccc(F)c2)c1=O. The van der Waals surface area contributed by atoms with E-state index in [2.05, 4.69) is 10.4 Å². The highest BCUT2D eigenvalue weighted by Crippen LogP contribution is 2.21. The number of aliphatic hydroxyl groups excluding tert-OH is 1. The summed E-state index contributed by atoms with van der Waals surface area (Å²) in [5.74, 6) is -1.13. The summed E-state index contributed by atoms with van der Waals surface area (Å²) < 4.78 is 14.8. The second-order valence-electron chi connectivity index (χ2n) is 7.20. The number of benzene rings is 2. The van der Waals surface area contributed by atoms with Crippen LogP contribution in [0.2, 0.25) is 0 Å². The summed E-state index contributed by atoms with van der Waals surface area (Å²) in [6.45, 7) is 5.52. The molecule has 1 heterocycles. The van der Waals surface area contributed by atoms with Gasteiger partial charge >= 0.3 is 0 Å². The highest BCUT2D eigenvalue weighted by Gasteiger charge is 2.20. The van der Waals surface area contributed by atoms with E-state index < -0.39 is 23.3 Å². The number of hydrogen-bond donors (Lipinski definition) is 2. The minimum Gasteiger partial charge on any atom is -0.394 e.